The Hall–Kier alpha value is -3.03. The molecular formula is C21H18ClN5OS. The largest absolute Gasteiger partial charge is 0.322 e. The van der Waals surface area contributed by atoms with Crippen molar-refractivity contribution in [2.45, 2.75) is 20.3 Å². The van der Waals surface area contributed by atoms with Gasteiger partial charge in [0, 0.05) is 28.8 Å². The predicted octanol–water partition coefficient (Wildman–Crippen LogP) is 5.03. The molecule has 0 aliphatic carbocycles. The zero-order valence-corrected chi connectivity index (χ0v) is 17.5. The van der Waals surface area contributed by atoms with Crippen molar-refractivity contribution >= 4 is 45.6 Å². The average molecular weight is 424 g/mol. The molecule has 146 valence electrons. The van der Waals surface area contributed by atoms with Crippen LogP contribution in [0.3, 0.4) is 0 Å². The number of fused-ring (bicyclic) bond motifs is 1. The highest BCUT2D eigenvalue weighted by Crippen LogP contribution is 2.29. The highest BCUT2D eigenvalue weighted by molar-refractivity contribution is 7.19. The highest BCUT2D eigenvalue weighted by atomic mass is 35.5. The number of hydrogen-bond donors (Lipinski definition) is 1. The summed E-state index contributed by atoms with van der Waals surface area (Å²) < 4.78 is 1.77. The molecule has 4 rings (SSSR count). The number of nitrogens with one attached hydrogen (secondary N) is 1. The molecule has 0 fully saturated rings. The number of rotatable bonds is 5. The first kappa shape index (κ1) is 19.3. The van der Waals surface area contributed by atoms with Gasteiger partial charge >= 0.3 is 0 Å². The molecule has 0 radical (unpaired) electrons. The third kappa shape index (κ3) is 4.21. The van der Waals surface area contributed by atoms with E-state index in [9.17, 15) is 4.79 Å². The molecule has 0 spiro atoms. The van der Waals surface area contributed by atoms with Gasteiger partial charge in [0.15, 0.2) is 5.82 Å². The highest BCUT2D eigenvalue weighted by Gasteiger charge is 2.13. The molecule has 0 saturated heterocycles. The third-order valence-corrected chi connectivity index (χ3v) is 5.61. The van der Waals surface area contributed by atoms with Crippen molar-refractivity contribution < 1.29 is 4.79 Å². The number of nitrogens with zero attached hydrogens (tertiary/aromatic N) is 4. The third-order valence-electron chi connectivity index (χ3n) is 4.41. The lowest BCUT2D eigenvalue weighted by molar-refractivity contribution is -0.111. The Balaban J connectivity index is 1.55. The second kappa shape index (κ2) is 8.14. The van der Waals surface area contributed by atoms with Gasteiger partial charge in [-0.25, -0.2) is 0 Å². The van der Waals surface area contributed by atoms with Gasteiger partial charge in [-0.1, -0.05) is 54.1 Å². The summed E-state index contributed by atoms with van der Waals surface area (Å²) in [6, 6.07) is 13.2. The number of hydrogen-bond acceptors (Lipinski definition) is 5. The molecule has 2 aromatic carbocycles. The first-order chi connectivity index (χ1) is 14.0. The summed E-state index contributed by atoms with van der Waals surface area (Å²) in [6.07, 6.45) is 4.02. The summed E-state index contributed by atoms with van der Waals surface area (Å²) >= 11 is 7.35. The fourth-order valence-corrected chi connectivity index (χ4v) is 3.79. The number of carbonyl (C=O) groups excluding carboxylic acids is 1. The van der Waals surface area contributed by atoms with Gasteiger partial charge in [0.2, 0.25) is 10.9 Å². The van der Waals surface area contributed by atoms with E-state index in [1.807, 2.05) is 44.2 Å². The van der Waals surface area contributed by atoms with Crippen molar-refractivity contribution in [2.24, 2.45) is 0 Å². The van der Waals surface area contributed by atoms with Crippen LogP contribution in [0.1, 0.15) is 23.9 Å². The van der Waals surface area contributed by atoms with Crippen molar-refractivity contribution in [1.82, 2.24) is 19.8 Å². The SMILES string of the molecule is CCc1nnc2sc(-c3ccc(C)c(NC(=O)C=Cc4ccc(Cl)cc4)c3)nn12. The summed E-state index contributed by atoms with van der Waals surface area (Å²) in [7, 11) is 0. The number of aryl methyl sites for hydroxylation is 2. The van der Waals surface area contributed by atoms with Gasteiger partial charge in [0.05, 0.1) is 0 Å². The Morgan fingerprint density at radius 1 is 1.21 bits per heavy atom. The Morgan fingerprint density at radius 2 is 2.00 bits per heavy atom. The Labute approximate surface area is 176 Å². The van der Waals surface area contributed by atoms with E-state index in [1.165, 1.54) is 17.4 Å². The lowest BCUT2D eigenvalue weighted by atomic mass is 10.1. The number of halogens is 1. The van der Waals surface area contributed by atoms with Crippen LogP contribution in [0, 0.1) is 6.92 Å². The number of aromatic nitrogens is 4. The summed E-state index contributed by atoms with van der Waals surface area (Å²) in [5.74, 6) is 0.627. The van der Waals surface area contributed by atoms with Crippen LogP contribution in [0.25, 0.3) is 21.6 Å². The molecule has 6 nitrogen and oxygen atoms in total. The Bertz CT molecular complexity index is 1210. The van der Waals surface area contributed by atoms with Crippen molar-refractivity contribution in [3.63, 3.8) is 0 Å². The van der Waals surface area contributed by atoms with Gasteiger partial charge in [0.1, 0.15) is 5.01 Å². The Morgan fingerprint density at radius 3 is 2.76 bits per heavy atom. The molecule has 8 heteroatoms. The topological polar surface area (TPSA) is 72.2 Å². The van der Waals surface area contributed by atoms with E-state index >= 15 is 0 Å². The van der Waals surface area contributed by atoms with Gasteiger partial charge < -0.3 is 5.32 Å². The number of amides is 1. The van der Waals surface area contributed by atoms with Crippen LogP contribution in [-0.4, -0.2) is 25.7 Å². The summed E-state index contributed by atoms with van der Waals surface area (Å²) in [5, 5.41) is 17.3. The van der Waals surface area contributed by atoms with E-state index in [-0.39, 0.29) is 5.91 Å². The smallest absolute Gasteiger partial charge is 0.248 e. The molecule has 1 N–H and O–H groups in total. The lowest BCUT2D eigenvalue weighted by Gasteiger charge is -2.08. The average Bonchev–Trinajstić information content (AvgIpc) is 3.30. The van der Waals surface area contributed by atoms with Gasteiger partial charge in [0.25, 0.3) is 0 Å². The van der Waals surface area contributed by atoms with Crippen LogP contribution in [0.4, 0.5) is 5.69 Å². The molecule has 0 atom stereocenters. The summed E-state index contributed by atoms with van der Waals surface area (Å²) in [6.45, 7) is 3.97. The fourth-order valence-electron chi connectivity index (χ4n) is 2.80. The van der Waals surface area contributed by atoms with Crippen LogP contribution in [0.2, 0.25) is 5.02 Å². The Kier molecular flexibility index (Phi) is 5.42. The zero-order chi connectivity index (χ0) is 20.4. The van der Waals surface area contributed by atoms with Crippen LogP contribution in [0.5, 0.6) is 0 Å². The van der Waals surface area contributed by atoms with E-state index in [0.717, 1.165) is 44.6 Å². The minimum absolute atomic E-state index is 0.202. The van der Waals surface area contributed by atoms with Gasteiger partial charge in [-0.15, -0.1) is 10.2 Å². The second-order valence-electron chi connectivity index (χ2n) is 6.48. The maximum Gasteiger partial charge on any atom is 0.248 e. The monoisotopic (exact) mass is 423 g/mol. The molecule has 0 aliphatic heterocycles. The normalized spacial score (nSPS) is 11.4. The van der Waals surface area contributed by atoms with E-state index in [2.05, 4.69) is 20.6 Å². The number of carbonyl (C=O) groups is 1. The second-order valence-corrected chi connectivity index (χ2v) is 7.87. The van der Waals surface area contributed by atoms with Crippen molar-refractivity contribution in [1.29, 1.82) is 0 Å². The molecule has 1 amide bonds. The molecule has 2 heterocycles. The van der Waals surface area contributed by atoms with Gasteiger partial charge in [-0.05, 0) is 42.3 Å². The van der Waals surface area contributed by atoms with E-state index in [0.29, 0.717) is 5.02 Å². The molecular weight excluding hydrogens is 406 g/mol. The van der Waals surface area contributed by atoms with Crippen LogP contribution >= 0.6 is 22.9 Å². The van der Waals surface area contributed by atoms with E-state index in [1.54, 1.807) is 22.7 Å². The summed E-state index contributed by atoms with van der Waals surface area (Å²) in [5.41, 5.74) is 3.54. The van der Waals surface area contributed by atoms with Gasteiger partial charge in [-0.3, -0.25) is 4.79 Å². The number of anilines is 1. The standard InChI is InChI=1S/C21H18ClN5OS/c1-3-18-24-25-21-27(18)26-20(29-21)15-8-4-13(2)17(12-15)23-19(28)11-7-14-5-9-16(22)10-6-14/h4-12H,3H2,1-2H3,(H,23,28). The van der Waals surface area contributed by atoms with Crippen LogP contribution < -0.4 is 5.32 Å². The molecule has 0 aliphatic rings. The maximum absolute atomic E-state index is 12.4. The van der Waals surface area contributed by atoms with Crippen LogP contribution in [0.15, 0.2) is 48.5 Å². The maximum atomic E-state index is 12.4. The molecule has 0 bridgehead atoms. The van der Waals surface area contributed by atoms with Gasteiger partial charge in [-0.2, -0.15) is 9.61 Å². The molecule has 29 heavy (non-hydrogen) atoms. The molecule has 0 unspecified atom stereocenters. The first-order valence-corrected chi connectivity index (χ1v) is 10.3. The predicted molar refractivity (Wildman–Crippen MR) is 117 cm³/mol. The van der Waals surface area contributed by atoms with Crippen molar-refractivity contribution in [2.75, 3.05) is 5.32 Å². The minimum Gasteiger partial charge on any atom is -0.322 e. The van der Waals surface area contributed by atoms with E-state index < -0.39 is 0 Å². The zero-order valence-electron chi connectivity index (χ0n) is 15.9. The summed E-state index contributed by atoms with van der Waals surface area (Å²) in [4.78, 5) is 13.1. The van der Waals surface area contributed by atoms with Crippen molar-refractivity contribution in [3.8, 4) is 10.6 Å². The molecule has 2 aromatic heterocycles. The number of benzene rings is 2. The molecule has 4 aromatic rings. The fraction of sp³-hybridized carbons (Fsp3) is 0.143. The van der Waals surface area contributed by atoms with Crippen molar-refractivity contribution in [3.05, 3.63) is 70.5 Å². The minimum atomic E-state index is -0.202. The first-order valence-electron chi connectivity index (χ1n) is 9.10. The molecule has 0 saturated carbocycles. The van der Waals surface area contributed by atoms with Crippen LogP contribution in [-0.2, 0) is 11.2 Å². The quantitative estimate of drug-likeness (QED) is 0.457. The lowest BCUT2D eigenvalue weighted by Crippen LogP contribution is -2.09. The van der Waals surface area contributed by atoms with E-state index in [4.69, 9.17) is 11.6 Å².